The second-order valence-corrected chi connectivity index (χ2v) is 8.06. The van der Waals surface area contributed by atoms with Gasteiger partial charge in [0.2, 0.25) is 0 Å². The number of carbonyl (C=O) groups is 2. The number of aromatic amines is 1. The predicted octanol–water partition coefficient (Wildman–Crippen LogP) is 4.26. The van der Waals surface area contributed by atoms with E-state index in [1.165, 1.54) is 19.3 Å². The number of ketones is 1. The number of methoxy groups -OCH3 is 1. The molecule has 0 saturated heterocycles. The number of hydrogen-bond acceptors (Lipinski definition) is 5. The Kier molecular flexibility index (Phi) is 5.88. The number of benzene rings is 1. The van der Waals surface area contributed by atoms with Gasteiger partial charge in [0.15, 0.2) is 0 Å². The molecule has 4 rings (SSSR count). The van der Waals surface area contributed by atoms with Crippen molar-refractivity contribution in [3.63, 3.8) is 0 Å². The first-order valence-corrected chi connectivity index (χ1v) is 10.5. The van der Waals surface area contributed by atoms with Crippen molar-refractivity contribution in [2.24, 2.45) is 5.92 Å². The number of aryl methyl sites for hydroxylation is 1. The molecule has 1 saturated carbocycles. The molecular weight excluding hydrogens is 382 g/mol. The van der Waals surface area contributed by atoms with Crippen molar-refractivity contribution in [1.82, 2.24) is 15.0 Å². The van der Waals surface area contributed by atoms with Gasteiger partial charge in [-0.05, 0) is 37.8 Å². The van der Waals surface area contributed by atoms with Crippen molar-refractivity contribution in [2.75, 3.05) is 13.7 Å². The van der Waals surface area contributed by atoms with Crippen LogP contribution in [0.1, 0.15) is 53.9 Å². The minimum atomic E-state index is -0.512. The molecule has 0 bridgehead atoms. The van der Waals surface area contributed by atoms with Crippen LogP contribution in [-0.2, 0) is 11.3 Å². The maximum atomic E-state index is 13.3. The van der Waals surface area contributed by atoms with Crippen LogP contribution in [0, 0.1) is 12.8 Å². The molecule has 3 aromatic rings. The van der Waals surface area contributed by atoms with E-state index in [4.69, 9.17) is 9.26 Å². The van der Waals surface area contributed by atoms with Gasteiger partial charge in [-0.1, -0.05) is 24.4 Å². The Morgan fingerprint density at radius 1 is 1.23 bits per heavy atom. The van der Waals surface area contributed by atoms with Crippen molar-refractivity contribution in [3.05, 3.63) is 47.5 Å². The lowest BCUT2D eigenvalue weighted by molar-refractivity contribution is -0.127. The minimum Gasteiger partial charge on any atom is -0.497 e. The molecule has 158 valence electrons. The fraction of sp³-hybridized carbons (Fsp3) is 0.435. The van der Waals surface area contributed by atoms with Crippen LogP contribution < -0.4 is 4.74 Å². The van der Waals surface area contributed by atoms with Crippen molar-refractivity contribution >= 4 is 22.6 Å². The zero-order chi connectivity index (χ0) is 21.1. The van der Waals surface area contributed by atoms with Crippen LogP contribution >= 0.6 is 0 Å². The molecule has 0 radical (unpaired) electrons. The number of amides is 1. The average Bonchev–Trinajstić information content (AvgIpc) is 3.38. The highest BCUT2D eigenvalue weighted by molar-refractivity contribution is 6.44. The van der Waals surface area contributed by atoms with Gasteiger partial charge in [0.1, 0.15) is 17.2 Å². The molecule has 1 amide bonds. The first kappa shape index (κ1) is 20.2. The Labute approximate surface area is 175 Å². The molecule has 0 spiro atoms. The Hall–Kier alpha value is -3.09. The molecule has 1 N–H and O–H groups in total. The minimum absolute atomic E-state index is 0.272. The normalized spacial score (nSPS) is 14.7. The summed E-state index contributed by atoms with van der Waals surface area (Å²) in [6, 6.07) is 7.21. The molecule has 0 unspecified atom stereocenters. The van der Waals surface area contributed by atoms with Crippen LogP contribution in [0.4, 0.5) is 0 Å². The zero-order valence-electron chi connectivity index (χ0n) is 17.4. The smallest absolute Gasteiger partial charge is 0.295 e. The van der Waals surface area contributed by atoms with E-state index in [0.29, 0.717) is 40.6 Å². The van der Waals surface area contributed by atoms with Gasteiger partial charge in [0.05, 0.1) is 19.2 Å². The number of nitrogens with one attached hydrogen (secondary N) is 1. The van der Waals surface area contributed by atoms with E-state index in [9.17, 15) is 9.59 Å². The standard InChI is InChI=1S/C23H27N3O4/c1-15-10-17(25-30-15)14-26(13-16-6-4-3-5-7-16)23(28)22(27)20-12-24-21-11-18(29-2)8-9-19(20)21/h8-12,16,24H,3-7,13-14H2,1-2H3. The molecule has 0 aliphatic heterocycles. The molecule has 1 aliphatic carbocycles. The maximum absolute atomic E-state index is 13.3. The number of H-pyrrole nitrogens is 1. The first-order valence-electron chi connectivity index (χ1n) is 10.5. The number of nitrogens with zero attached hydrogens (tertiary/aromatic N) is 2. The third kappa shape index (κ3) is 4.25. The zero-order valence-corrected chi connectivity index (χ0v) is 17.4. The predicted molar refractivity (Wildman–Crippen MR) is 112 cm³/mol. The molecule has 0 atom stereocenters. The summed E-state index contributed by atoms with van der Waals surface area (Å²) in [5.41, 5.74) is 1.80. The second-order valence-electron chi connectivity index (χ2n) is 8.06. The highest BCUT2D eigenvalue weighted by Crippen LogP contribution is 2.27. The van der Waals surface area contributed by atoms with E-state index < -0.39 is 11.7 Å². The SMILES string of the molecule is COc1ccc2c(C(=O)C(=O)N(Cc3cc(C)on3)CC3CCCCC3)c[nH]c2c1. The number of fused-ring (bicyclic) bond motifs is 1. The molecule has 2 heterocycles. The lowest BCUT2D eigenvalue weighted by atomic mass is 9.88. The number of Topliss-reactive ketones (excluding diaryl/α,β-unsaturated/α-hetero) is 1. The van der Waals surface area contributed by atoms with Gasteiger partial charge < -0.3 is 19.1 Å². The van der Waals surface area contributed by atoms with Gasteiger partial charge in [-0.25, -0.2) is 0 Å². The summed E-state index contributed by atoms with van der Waals surface area (Å²) in [4.78, 5) is 31.1. The quantitative estimate of drug-likeness (QED) is 0.465. The van der Waals surface area contributed by atoms with Gasteiger partial charge in [-0.15, -0.1) is 0 Å². The van der Waals surface area contributed by atoms with E-state index in [2.05, 4.69) is 10.1 Å². The van der Waals surface area contributed by atoms with E-state index in [1.54, 1.807) is 30.3 Å². The van der Waals surface area contributed by atoms with E-state index in [-0.39, 0.29) is 6.54 Å². The van der Waals surface area contributed by atoms with E-state index in [1.807, 2.05) is 19.1 Å². The van der Waals surface area contributed by atoms with Gasteiger partial charge in [0.25, 0.3) is 11.7 Å². The molecule has 2 aromatic heterocycles. The number of hydrogen-bond donors (Lipinski definition) is 1. The number of carbonyl (C=O) groups excluding carboxylic acids is 2. The molecule has 30 heavy (non-hydrogen) atoms. The largest absolute Gasteiger partial charge is 0.497 e. The van der Waals surface area contributed by atoms with Crippen LogP contribution in [0.3, 0.4) is 0 Å². The summed E-state index contributed by atoms with van der Waals surface area (Å²) in [5.74, 6) is 0.776. The molecular formula is C23H27N3O4. The van der Waals surface area contributed by atoms with Crippen LogP contribution in [0.5, 0.6) is 5.75 Å². The average molecular weight is 409 g/mol. The summed E-state index contributed by atoms with van der Waals surface area (Å²) in [6.07, 6.45) is 7.36. The summed E-state index contributed by atoms with van der Waals surface area (Å²) in [6.45, 7) is 2.65. The third-order valence-corrected chi connectivity index (χ3v) is 5.85. The number of ether oxygens (including phenoxy) is 1. The van der Waals surface area contributed by atoms with Crippen LogP contribution in [0.15, 0.2) is 35.0 Å². The molecule has 7 nitrogen and oxygen atoms in total. The molecule has 7 heteroatoms. The van der Waals surface area contributed by atoms with Gasteiger partial charge >= 0.3 is 0 Å². The fourth-order valence-corrected chi connectivity index (χ4v) is 4.27. The Morgan fingerprint density at radius 2 is 2.03 bits per heavy atom. The Morgan fingerprint density at radius 3 is 2.73 bits per heavy atom. The highest BCUT2D eigenvalue weighted by atomic mass is 16.5. The summed E-state index contributed by atoms with van der Waals surface area (Å²) < 4.78 is 10.4. The molecule has 1 aliphatic rings. The molecule has 1 fully saturated rings. The second kappa shape index (κ2) is 8.73. The van der Waals surface area contributed by atoms with Crippen molar-refractivity contribution < 1.29 is 18.8 Å². The Bertz CT molecular complexity index is 1050. The van der Waals surface area contributed by atoms with Crippen molar-refractivity contribution in [2.45, 2.75) is 45.6 Å². The van der Waals surface area contributed by atoms with Gasteiger partial charge in [0, 0.05) is 35.8 Å². The van der Waals surface area contributed by atoms with Gasteiger partial charge in [-0.2, -0.15) is 0 Å². The lowest BCUT2D eigenvalue weighted by Crippen LogP contribution is -2.39. The number of rotatable bonds is 7. The first-order chi connectivity index (χ1) is 14.5. The van der Waals surface area contributed by atoms with Crippen LogP contribution in [0.25, 0.3) is 10.9 Å². The molecule has 1 aromatic carbocycles. The van der Waals surface area contributed by atoms with E-state index >= 15 is 0 Å². The number of aromatic nitrogens is 2. The van der Waals surface area contributed by atoms with Crippen LogP contribution in [0.2, 0.25) is 0 Å². The summed E-state index contributed by atoms with van der Waals surface area (Å²) in [7, 11) is 1.59. The van der Waals surface area contributed by atoms with Gasteiger partial charge in [-0.3, -0.25) is 9.59 Å². The Balaban J connectivity index is 1.58. The topological polar surface area (TPSA) is 88.4 Å². The lowest BCUT2D eigenvalue weighted by Gasteiger charge is -2.29. The third-order valence-electron chi connectivity index (χ3n) is 5.85. The van der Waals surface area contributed by atoms with Crippen molar-refractivity contribution in [1.29, 1.82) is 0 Å². The summed E-state index contributed by atoms with van der Waals surface area (Å²) >= 11 is 0. The van der Waals surface area contributed by atoms with Crippen LogP contribution in [-0.4, -0.2) is 40.4 Å². The monoisotopic (exact) mass is 409 g/mol. The maximum Gasteiger partial charge on any atom is 0.295 e. The highest BCUT2D eigenvalue weighted by Gasteiger charge is 2.29. The summed E-state index contributed by atoms with van der Waals surface area (Å²) in [5, 5.41) is 4.73. The van der Waals surface area contributed by atoms with E-state index in [0.717, 1.165) is 18.4 Å². The fourth-order valence-electron chi connectivity index (χ4n) is 4.27. The van der Waals surface area contributed by atoms with Crippen molar-refractivity contribution in [3.8, 4) is 5.75 Å².